The lowest BCUT2D eigenvalue weighted by Crippen LogP contribution is -2.09. The molecule has 6 nitrogen and oxygen atoms in total. The number of para-hydroxylation sites is 1. The molecule has 0 atom stereocenters. The van der Waals surface area contributed by atoms with Crippen molar-refractivity contribution in [2.45, 2.75) is 6.92 Å². The molecule has 2 heterocycles. The van der Waals surface area contributed by atoms with Crippen molar-refractivity contribution in [3.8, 4) is 22.6 Å². The van der Waals surface area contributed by atoms with E-state index in [9.17, 15) is 4.79 Å². The molecule has 0 spiro atoms. The number of carbonyl (C=O) groups is 1. The number of rotatable bonds is 6. The highest BCUT2D eigenvalue weighted by Crippen LogP contribution is 2.40. The van der Waals surface area contributed by atoms with Crippen molar-refractivity contribution in [3.05, 3.63) is 78.7 Å². The van der Waals surface area contributed by atoms with Gasteiger partial charge in [-0.1, -0.05) is 24.3 Å². The lowest BCUT2D eigenvalue weighted by atomic mass is 9.99. The summed E-state index contributed by atoms with van der Waals surface area (Å²) in [5, 5.41) is 3.66. The number of hydrogen-bond donors (Lipinski definition) is 1. The summed E-state index contributed by atoms with van der Waals surface area (Å²) in [6.07, 6.45) is 4.86. The van der Waals surface area contributed by atoms with Crippen molar-refractivity contribution in [2.24, 2.45) is 0 Å². The molecule has 156 valence electrons. The molecule has 2 aromatic carbocycles. The first-order chi connectivity index (χ1) is 15.1. The minimum atomic E-state index is -0.268. The Balaban J connectivity index is 1.75. The van der Waals surface area contributed by atoms with Crippen molar-refractivity contribution < 1.29 is 18.7 Å². The predicted octanol–water partition coefficient (Wildman–Crippen LogP) is 5.55. The summed E-state index contributed by atoms with van der Waals surface area (Å²) in [4.78, 5) is 16.6. The fraction of sp³-hybridized carbons (Fsp3) is 0.120. The van der Waals surface area contributed by atoms with Gasteiger partial charge in [0, 0.05) is 40.4 Å². The summed E-state index contributed by atoms with van der Waals surface area (Å²) in [5.74, 6) is 1.60. The van der Waals surface area contributed by atoms with Gasteiger partial charge >= 0.3 is 0 Å². The highest BCUT2D eigenvalue weighted by Gasteiger charge is 2.17. The van der Waals surface area contributed by atoms with Crippen LogP contribution in [0.1, 0.15) is 12.5 Å². The summed E-state index contributed by atoms with van der Waals surface area (Å²) >= 11 is 0. The van der Waals surface area contributed by atoms with E-state index in [1.165, 1.54) is 6.08 Å². The number of hydrogen-bond acceptors (Lipinski definition) is 5. The van der Waals surface area contributed by atoms with Crippen LogP contribution < -0.4 is 14.8 Å². The molecule has 4 rings (SSSR count). The third-order valence-corrected chi connectivity index (χ3v) is 4.98. The number of pyridine rings is 1. The zero-order valence-electron chi connectivity index (χ0n) is 17.5. The van der Waals surface area contributed by atoms with Gasteiger partial charge < -0.3 is 19.2 Å². The van der Waals surface area contributed by atoms with E-state index in [1.807, 2.05) is 49.4 Å². The number of carbonyl (C=O) groups excluding carboxylic acids is 1. The monoisotopic (exact) mass is 414 g/mol. The number of nitrogens with one attached hydrogen (secondary N) is 1. The maximum atomic E-state index is 12.5. The van der Waals surface area contributed by atoms with Crippen LogP contribution in [0.3, 0.4) is 0 Å². The van der Waals surface area contributed by atoms with Crippen LogP contribution in [0.5, 0.6) is 11.5 Å². The topological polar surface area (TPSA) is 73.6 Å². The van der Waals surface area contributed by atoms with Crippen LogP contribution in [0.4, 0.5) is 5.82 Å². The normalized spacial score (nSPS) is 11.4. The van der Waals surface area contributed by atoms with E-state index in [1.54, 1.807) is 38.8 Å². The van der Waals surface area contributed by atoms with E-state index >= 15 is 0 Å². The fourth-order valence-corrected chi connectivity index (χ4v) is 3.48. The molecule has 0 bridgehead atoms. The van der Waals surface area contributed by atoms with Crippen molar-refractivity contribution in [1.29, 1.82) is 0 Å². The second-order valence-electron chi connectivity index (χ2n) is 6.93. The molecule has 2 aromatic heterocycles. The Kier molecular flexibility index (Phi) is 5.71. The number of allylic oxidation sites excluding steroid dienone is 1. The van der Waals surface area contributed by atoms with Gasteiger partial charge in [0.15, 0.2) is 0 Å². The molecule has 0 aliphatic rings. The number of ether oxygens (including phenoxy) is 2. The maximum absolute atomic E-state index is 12.5. The Morgan fingerprint density at radius 1 is 1.00 bits per heavy atom. The van der Waals surface area contributed by atoms with E-state index in [2.05, 4.69) is 10.3 Å². The van der Waals surface area contributed by atoms with Gasteiger partial charge in [-0.2, -0.15) is 0 Å². The van der Waals surface area contributed by atoms with E-state index < -0.39 is 0 Å². The van der Waals surface area contributed by atoms with Gasteiger partial charge in [0.1, 0.15) is 22.9 Å². The molecular formula is C25H22N2O4. The highest BCUT2D eigenvalue weighted by molar-refractivity contribution is 6.05. The molecule has 0 aliphatic heterocycles. The molecule has 0 unspecified atom stereocenters. The fourth-order valence-electron chi connectivity index (χ4n) is 3.48. The molecule has 0 saturated carbocycles. The van der Waals surface area contributed by atoms with Gasteiger partial charge in [-0.25, -0.2) is 4.98 Å². The van der Waals surface area contributed by atoms with Crippen LogP contribution in [0, 0.1) is 0 Å². The molecule has 0 radical (unpaired) electrons. The van der Waals surface area contributed by atoms with E-state index in [0.29, 0.717) is 17.2 Å². The Hall–Kier alpha value is -4.06. The largest absolute Gasteiger partial charge is 0.496 e. The SMILES string of the molecule is COc1cc2occ(-c3ccccc3OC)c2cc1/C(C)=C/C(=O)Nc1ccccn1. The molecule has 1 amide bonds. The van der Waals surface area contributed by atoms with Crippen LogP contribution in [-0.2, 0) is 4.79 Å². The van der Waals surface area contributed by atoms with Gasteiger partial charge in [0.05, 0.1) is 20.5 Å². The number of anilines is 1. The summed E-state index contributed by atoms with van der Waals surface area (Å²) in [6.45, 7) is 1.87. The van der Waals surface area contributed by atoms with E-state index in [0.717, 1.165) is 33.4 Å². The highest BCUT2D eigenvalue weighted by atomic mass is 16.5. The lowest BCUT2D eigenvalue weighted by molar-refractivity contribution is -0.111. The quantitative estimate of drug-likeness (QED) is 0.419. The minimum absolute atomic E-state index is 0.268. The minimum Gasteiger partial charge on any atom is -0.496 e. The van der Waals surface area contributed by atoms with Gasteiger partial charge in [0.2, 0.25) is 5.91 Å². The Morgan fingerprint density at radius 2 is 1.77 bits per heavy atom. The molecule has 0 saturated heterocycles. The lowest BCUT2D eigenvalue weighted by Gasteiger charge is -2.11. The number of aromatic nitrogens is 1. The van der Waals surface area contributed by atoms with Gasteiger partial charge in [-0.05, 0) is 36.8 Å². The Morgan fingerprint density at radius 3 is 2.52 bits per heavy atom. The summed E-state index contributed by atoms with van der Waals surface area (Å²) in [7, 11) is 3.23. The van der Waals surface area contributed by atoms with Crippen LogP contribution in [0.15, 0.2) is 77.6 Å². The summed E-state index contributed by atoms with van der Waals surface area (Å²) in [5.41, 5.74) is 4.06. The van der Waals surface area contributed by atoms with E-state index in [4.69, 9.17) is 13.9 Å². The van der Waals surface area contributed by atoms with Crippen LogP contribution in [-0.4, -0.2) is 25.1 Å². The third kappa shape index (κ3) is 4.14. The first-order valence-corrected chi connectivity index (χ1v) is 9.74. The zero-order chi connectivity index (χ0) is 21.8. The molecule has 6 heteroatoms. The van der Waals surface area contributed by atoms with Gasteiger partial charge in [0.25, 0.3) is 0 Å². The van der Waals surface area contributed by atoms with Crippen LogP contribution in [0.25, 0.3) is 27.7 Å². The molecular weight excluding hydrogens is 392 g/mol. The second-order valence-corrected chi connectivity index (χ2v) is 6.93. The van der Waals surface area contributed by atoms with Crippen LogP contribution >= 0.6 is 0 Å². The summed E-state index contributed by atoms with van der Waals surface area (Å²) in [6, 6.07) is 16.9. The number of methoxy groups -OCH3 is 2. The zero-order valence-corrected chi connectivity index (χ0v) is 17.5. The van der Waals surface area contributed by atoms with Gasteiger partial charge in [-0.15, -0.1) is 0 Å². The first-order valence-electron chi connectivity index (χ1n) is 9.74. The standard InChI is InChI=1S/C25H22N2O4/c1-16(12-25(28)27-24-10-6-7-11-26-24)18-13-19-20(15-31-23(19)14-22(18)30-3)17-8-4-5-9-21(17)29-2/h4-15H,1-3H3,(H,26,27,28)/b16-12+. The summed E-state index contributed by atoms with van der Waals surface area (Å²) < 4.78 is 16.9. The van der Waals surface area contributed by atoms with Crippen LogP contribution in [0.2, 0.25) is 0 Å². The number of furan rings is 1. The Labute approximate surface area is 180 Å². The average Bonchev–Trinajstić information content (AvgIpc) is 3.21. The van der Waals surface area contributed by atoms with Crippen molar-refractivity contribution in [3.63, 3.8) is 0 Å². The third-order valence-electron chi connectivity index (χ3n) is 4.98. The first kappa shape index (κ1) is 20.2. The average molecular weight is 414 g/mol. The molecule has 1 N–H and O–H groups in total. The molecule has 0 aliphatic carbocycles. The number of benzene rings is 2. The number of fused-ring (bicyclic) bond motifs is 1. The van der Waals surface area contributed by atoms with Gasteiger partial charge in [-0.3, -0.25) is 4.79 Å². The molecule has 0 fully saturated rings. The molecule has 4 aromatic rings. The van der Waals surface area contributed by atoms with Crippen molar-refractivity contribution >= 4 is 28.3 Å². The maximum Gasteiger partial charge on any atom is 0.249 e. The predicted molar refractivity (Wildman–Crippen MR) is 121 cm³/mol. The smallest absolute Gasteiger partial charge is 0.249 e. The van der Waals surface area contributed by atoms with Crippen molar-refractivity contribution in [2.75, 3.05) is 19.5 Å². The molecule has 31 heavy (non-hydrogen) atoms. The number of nitrogens with zero attached hydrogens (tertiary/aromatic N) is 1. The number of amides is 1. The Bertz CT molecular complexity index is 1260. The second kappa shape index (κ2) is 8.75. The van der Waals surface area contributed by atoms with E-state index in [-0.39, 0.29) is 5.91 Å². The van der Waals surface area contributed by atoms with Crippen molar-refractivity contribution in [1.82, 2.24) is 4.98 Å².